The van der Waals surface area contributed by atoms with E-state index in [0.717, 1.165) is 12.1 Å². The average molecular weight is 276 g/mol. The molecule has 110 valence electrons. The number of nitrogens with zero attached hydrogens (tertiary/aromatic N) is 1. The van der Waals surface area contributed by atoms with Crippen molar-refractivity contribution in [1.29, 1.82) is 0 Å². The van der Waals surface area contributed by atoms with Gasteiger partial charge < -0.3 is 15.4 Å². The molecule has 0 amide bonds. The molecule has 2 unspecified atom stereocenters. The minimum Gasteiger partial charge on any atom is -0.462 e. The number of para-hydroxylation sites is 1. The third-order valence-electron chi connectivity index (χ3n) is 4.11. The number of hydrogen-bond donors (Lipinski definition) is 1. The Kier molecular flexibility index (Phi) is 4.53. The second-order valence-corrected chi connectivity index (χ2v) is 5.35. The summed E-state index contributed by atoms with van der Waals surface area (Å²) in [6.07, 6.45) is 3.44. The molecule has 1 aromatic rings. The highest BCUT2D eigenvalue weighted by Gasteiger charge is 2.31. The van der Waals surface area contributed by atoms with Gasteiger partial charge in [-0.15, -0.1) is 0 Å². The summed E-state index contributed by atoms with van der Waals surface area (Å²) < 4.78 is 5.07. The van der Waals surface area contributed by atoms with Crippen molar-refractivity contribution in [3.05, 3.63) is 23.8 Å². The highest BCUT2D eigenvalue weighted by Crippen LogP contribution is 2.36. The number of nitrogen functional groups attached to an aromatic ring is 1. The summed E-state index contributed by atoms with van der Waals surface area (Å²) in [6, 6.07) is 6.58. The summed E-state index contributed by atoms with van der Waals surface area (Å²) in [4.78, 5) is 14.3. The fourth-order valence-electron chi connectivity index (χ4n) is 3.07. The van der Waals surface area contributed by atoms with Crippen LogP contribution in [0.1, 0.15) is 50.4 Å². The predicted octanol–water partition coefficient (Wildman–Crippen LogP) is 3.21. The fourth-order valence-corrected chi connectivity index (χ4v) is 3.07. The van der Waals surface area contributed by atoms with Gasteiger partial charge >= 0.3 is 5.97 Å². The normalized spacial score (nSPS) is 22.1. The Bertz CT molecular complexity index is 487. The van der Waals surface area contributed by atoms with Crippen molar-refractivity contribution in [2.75, 3.05) is 17.2 Å². The lowest BCUT2D eigenvalue weighted by molar-refractivity contribution is 0.0527. The molecule has 2 N–H and O–H groups in total. The summed E-state index contributed by atoms with van der Waals surface area (Å²) in [5.41, 5.74) is 8.21. The lowest BCUT2D eigenvalue weighted by atomic mass is 10.1. The quantitative estimate of drug-likeness (QED) is 0.677. The molecule has 2 atom stereocenters. The number of anilines is 2. The van der Waals surface area contributed by atoms with Crippen molar-refractivity contribution in [1.82, 2.24) is 0 Å². The molecule has 1 heterocycles. The lowest BCUT2D eigenvalue weighted by Gasteiger charge is -2.31. The molecular weight excluding hydrogens is 252 g/mol. The van der Waals surface area contributed by atoms with Crippen LogP contribution >= 0.6 is 0 Å². The first-order valence-electron chi connectivity index (χ1n) is 7.44. The molecule has 1 fully saturated rings. The van der Waals surface area contributed by atoms with E-state index in [2.05, 4.69) is 18.7 Å². The number of hydrogen-bond acceptors (Lipinski definition) is 4. The van der Waals surface area contributed by atoms with E-state index in [1.807, 2.05) is 12.1 Å². The maximum Gasteiger partial charge on any atom is 0.340 e. The van der Waals surface area contributed by atoms with Gasteiger partial charge in [0, 0.05) is 12.1 Å². The molecule has 0 aromatic heterocycles. The first kappa shape index (κ1) is 14.7. The summed E-state index contributed by atoms with van der Waals surface area (Å²) in [5, 5.41) is 0. The number of carbonyl (C=O) groups excluding carboxylic acids is 1. The molecule has 0 spiro atoms. The molecular formula is C16H24N2O2. The van der Waals surface area contributed by atoms with Crippen molar-refractivity contribution in [3.63, 3.8) is 0 Å². The molecule has 1 aliphatic rings. The Morgan fingerprint density at radius 2 is 2.15 bits per heavy atom. The van der Waals surface area contributed by atoms with Crippen LogP contribution < -0.4 is 10.6 Å². The fraction of sp³-hybridized carbons (Fsp3) is 0.562. The van der Waals surface area contributed by atoms with Crippen molar-refractivity contribution < 1.29 is 9.53 Å². The number of rotatable bonds is 4. The zero-order chi connectivity index (χ0) is 14.7. The third kappa shape index (κ3) is 2.60. The van der Waals surface area contributed by atoms with Crippen LogP contribution in [-0.2, 0) is 4.74 Å². The molecule has 20 heavy (non-hydrogen) atoms. The third-order valence-corrected chi connectivity index (χ3v) is 4.11. The molecule has 1 aliphatic heterocycles. The van der Waals surface area contributed by atoms with Gasteiger partial charge in [-0.1, -0.05) is 13.0 Å². The lowest BCUT2D eigenvalue weighted by Crippen LogP contribution is -2.35. The van der Waals surface area contributed by atoms with Gasteiger partial charge in [-0.2, -0.15) is 0 Å². The van der Waals surface area contributed by atoms with Crippen LogP contribution in [0.3, 0.4) is 0 Å². The first-order chi connectivity index (χ1) is 9.60. The van der Waals surface area contributed by atoms with E-state index >= 15 is 0 Å². The minimum atomic E-state index is -0.341. The van der Waals surface area contributed by atoms with Crippen LogP contribution in [0.15, 0.2) is 18.2 Å². The molecule has 0 aliphatic carbocycles. The van der Waals surface area contributed by atoms with Gasteiger partial charge in [0.1, 0.15) is 0 Å². The SMILES string of the molecule is CCOC(=O)c1cccc(N2C(C)CCC2CC)c1N. The van der Waals surface area contributed by atoms with Gasteiger partial charge in [0.05, 0.1) is 23.5 Å². The van der Waals surface area contributed by atoms with Gasteiger partial charge in [-0.05, 0) is 45.2 Å². The number of ether oxygens (including phenoxy) is 1. The molecule has 4 heteroatoms. The summed E-state index contributed by atoms with van der Waals surface area (Å²) in [7, 11) is 0. The molecule has 1 aromatic carbocycles. The van der Waals surface area contributed by atoms with Gasteiger partial charge in [0.15, 0.2) is 0 Å². The monoisotopic (exact) mass is 276 g/mol. The van der Waals surface area contributed by atoms with E-state index < -0.39 is 0 Å². The number of esters is 1. The highest BCUT2D eigenvalue weighted by molar-refractivity contribution is 5.98. The standard InChI is InChI=1S/C16H24N2O2/c1-4-12-10-9-11(3)18(12)14-8-6-7-13(15(14)17)16(19)20-5-2/h6-8,11-12H,4-5,9-10,17H2,1-3H3. The predicted molar refractivity (Wildman–Crippen MR) is 82.1 cm³/mol. The van der Waals surface area contributed by atoms with E-state index in [1.54, 1.807) is 13.0 Å². The number of nitrogens with two attached hydrogens (primary N) is 1. The average Bonchev–Trinajstić information content (AvgIpc) is 2.80. The van der Waals surface area contributed by atoms with Gasteiger partial charge in [-0.3, -0.25) is 0 Å². The van der Waals surface area contributed by atoms with Crippen molar-refractivity contribution in [2.24, 2.45) is 0 Å². The topological polar surface area (TPSA) is 55.6 Å². The minimum absolute atomic E-state index is 0.341. The molecule has 2 rings (SSSR count). The molecule has 0 bridgehead atoms. The molecule has 0 radical (unpaired) electrons. The van der Waals surface area contributed by atoms with E-state index in [4.69, 9.17) is 10.5 Å². The maximum absolute atomic E-state index is 11.9. The van der Waals surface area contributed by atoms with E-state index in [1.165, 1.54) is 12.8 Å². The van der Waals surface area contributed by atoms with Gasteiger partial charge in [0.2, 0.25) is 0 Å². The Labute approximate surface area is 120 Å². The molecule has 4 nitrogen and oxygen atoms in total. The summed E-state index contributed by atoms with van der Waals surface area (Å²) >= 11 is 0. The highest BCUT2D eigenvalue weighted by atomic mass is 16.5. The van der Waals surface area contributed by atoms with E-state index in [-0.39, 0.29) is 5.97 Å². The van der Waals surface area contributed by atoms with Crippen LogP contribution in [0.25, 0.3) is 0 Å². The van der Waals surface area contributed by atoms with Crippen LogP contribution in [0.4, 0.5) is 11.4 Å². The van der Waals surface area contributed by atoms with E-state index in [0.29, 0.717) is 29.9 Å². The summed E-state index contributed by atoms with van der Waals surface area (Å²) in [6.45, 7) is 6.57. The maximum atomic E-state index is 11.9. The first-order valence-corrected chi connectivity index (χ1v) is 7.44. The molecule has 0 saturated carbocycles. The van der Waals surface area contributed by atoms with Crippen LogP contribution in [-0.4, -0.2) is 24.7 Å². The zero-order valence-corrected chi connectivity index (χ0v) is 12.6. The zero-order valence-electron chi connectivity index (χ0n) is 12.6. The van der Waals surface area contributed by atoms with Crippen LogP contribution in [0.2, 0.25) is 0 Å². The largest absolute Gasteiger partial charge is 0.462 e. The second kappa shape index (κ2) is 6.16. The summed E-state index contributed by atoms with van der Waals surface area (Å²) in [5.74, 6) is -0.341. The molecule has 1 saturated heterocycles. The Morgan fingerprint density at radius 3 is 2.80 bits per heavy atom. The van der Waals surface area contributed by atoms with Crippen molar-refractivity contribution >= 4 is 17.3 Å². The van der Waals surface area contributed by atoms with E-state index in [9.17, 15) is 4.79 Å². The number of benzene rings is 1. The van der Waals surface area contributed by atoms with Gasteiger partial charge in [0.25, 0.3) is 0 Å². The Balaban J connectivity index is 2.37. The van der Waals surface area contributed by atoms with Crippen molar-refractivity contribution in [3.8, 4) is 0 Å². The number of carbonyl (C=O) groups is 1. The van der Waals surface area contributed by atoms with Gasteiger partial charge in [-0.25, -0.2) is 4.79 Å². The Hall–Kier alpha value is -1.71. The smallest absolute Gasteiger partial charge is 0.340 e. The van der Waals surface area contributed by atoms with Crippen LogP contribution in [0, 0.1) is 0 Å². The Morgan fingerprint density at radius 1 is 1.40 bits per heavy atom. The van der Waals surface area contributed by atoms with Crippen molar-refractivity contribution in [2.45, 2.75) is 52.1 Å². The van der Waals surface area contributed by atoms with Crippen LogP contribution in [0.5, 0.6) is 0 Å². The second-order valence-electron chi connectivity index (χ2n) is 5.35.